The van der Waals surface area contributed by atoms with Crippen molar-refractivity contribution in [1.82, 2.24) is 4.57 Å². The number of nitrogens with zero attached hydrogens (tertiary/aromatic N) is 2. The molecule has 0 unspecified atom stereocenters. The summed E-state index contributed by atoms with van der Waals surface area (Å²) in [5.74, 6) is 0. The number of anilines is 3. The van der Waals surface area contributed by atoms with Gasteiger partial charge in [0, 0.05) is 43.0 Å². The lowest BCUT2D eigenvalue weighted by atomic mass is 9.59. The SMILES string of the molecule is c1ccc(N(c2ccc3c(c2)C2(c4ccccc4Sc4ccccc42)c2cccc4cccc-3c24)c2ccc3c4ccccc4n(-c4cccc5ccccc45)c3c2)cc1. The van der Waals surface area contributed by atoms with E-state index in [9.17, 15) is 0 Å². The third kappa shape index (κ3) is 4.61. The summed E-state index contributed by atoms with van der Waals surface area (Å²) in [6.07, 6.45) is 0. The molecule has 0 N–H and O–H groups in total. The van der Waals surface area contributed by atoms with Crippen molar-refractivity contribution in [2.24, 2.45) is 0 Å². The maximum Gasteiger partial charge on any atom is 0.0736 e. The molecule has 0 saturated heterocycles. The number of para-hydroxylation sites is 2. The lowest BCUT2D eigenvalue weighted by Crippen LogP contribution is -2.36. The van der Waals surface area contributed by atoms with E-state index in [2.05, 4.69) is 228 Å². The summed E-state index contributed by atoms with van der Waals surface area (Å²) < 4.78 is 2.46. The van der Waals surface area contributed by atoms with Crippen LogP contribution in [-0.2, 0) is 5.41 Å². The van der Waals surface area contributed by atoms with Gasteiger partial charge in [0.1, 0.15) is 0 Å². The molecule has 2 aliphatic rings. The minimum absolute atomic E-state index is 0.537. The average molecular weight is 781 g/mol. The highest BCUT2D eigenvalue weighted by Gasteiger charge is 2.48. The van der Waals surface area contributed by atoms with Crippen LogP contribution in [0.25, 0.3) is 60.2 Å². The number of aromatic nitrogens is 1. The van der Waals surface area contributed by atoms with Gasteiger partial charge in [-0.05, 0) is 110 Å². The molecule has 11 aromatic rings. The number of rotatable bonds is 4. The quantitative estimate of drug-likeness (QED) is 0.176. The van der Waals surface area contributed by atoms with Crippen LogP contribution in [0.15, 0.2) is 228 Å². The standard InChI is InChI=1S/C57H36N2S/c1-2-19-39(20-3-1)58(41-32-34-45-44-22-6-9-27-52(44)59(53(45)36-41)51-28-14-16-37-15-4-5-21-42(37)51)40-31-33-43-46-23-12-17-38-18-13-26-49(56(38)46)57(50(43)35-40)47-24-7-10-29-54(47)60-55-30-11-8-25-48(55)57/h1-36H. The molecule has 1 spiro atoms. The Morgan fingerprint density at radius 1 is 0.367 bits per heavy atom. The van der Waals surface area contributed by atoms with E-state index < -0.39 is 5.41 Å². The normalized spacial score (nSPS) is 13.4. The summed E-state index contributed by atoms with van der Waals surface area (Å²) in [5.41, 5.74) is 14.2. The third-order valence-corrected chi connectivity index (χ3v) is 14.2. The topological polar surface area (TPSA) is 8.17 Å². The molecule has 2 nitrogen and oxygen atoms in total. The number of hydrogen-bond donors (Lipinski definition) is 0. The Hall–Kier alpha value is -7.33. The van der Waals surface area contributed by atoms with Crippen molar-refractivity contribution >= 4 is 72.2 Å². The fourth-order valence-corrected chi connectivity index (χ4v) is 11.8. The van der Waals surface area contributed by atoms with Gasteiger partial charge in [0.25, 0.3) is 0 Å². The van der Waals surface area contributed by atoms with Gasteiger partial charge in [-0.3, -0.25) is 0 Å². The molecule has 1 aliphatic carbocycles. The maximum absolute atomic E-state index is 2.51. The van der Waals surface area contributed by atoms with Gasteiger partial charge < -0.3 is 9.47 Å². The van der Waals surface area contributed by atoms with Gasteiger partial charge in [-0.15, -0.1) is 0 Å². The zero-order valence-corrected chi connectivity index (χ0v) is 33.4. The van der Waals surface area contributed by atoms with Crippen molar-refractivity contribution in [3.05, 3.63) is 241 Å². The first-order valence-corrected chi connectivity index (χ1v) is 21.5. The second-order valence-corrected chi connectivity index (χ2v) is 17.1. The molecule has 0 bridgehead atoms. The summed E-state index contributed by atoms with van der Waals surface area (Å²) in [6, 6.07) is 81.2. The smallest absolute Gasteiger partial charge is 0.0736 e. The molecule has 280 valence electrons. The summed E-state index contributed by atoms with van der Waals surface area (Å²) in [6.45, 7) is 0. The van der Waals surface area contributed by atoms with Crippen LogP contribution in [0.5, 0.6) is 0 Å². The zero-order valence-electron chi connectivity index (χ0n) is 32.6. The molecule has 0 radical (unpaired) electrons. The Morgan fingerprint density at radius 2 is 0.967 bits per heavy atom. The number of fused-ring (bicyclic) bond motifs is 12. The minimum atomic E-state index is -0.537. The van der Waals surface area contributed by atoms with Crippen LogP contribution in [0.2, 0.25) is 0 Å². The second kappa shape index (κ2) is 12.8. The van der Waals surface area contributed by atoms with Crippen LogP contribution in [0, 0.1) is 0 Å². The van der Waals surface area contributed by atoms with Crippen LogP contribution >= 0.6 is 11.8 Å². The molecule has 0 fully saturated rings. The van der Waals surface area contributed by atoms with E-state index in [0.29, 0.717) is 0 Å². The van der Waals surface area contributed by atoms with Gasteiger partial charge in [-0.1, -0.05) is 169 Å². The molecule has 0 amide bonds. The maximum atomic E-state index is 2.51. The Labute approximate surface area is 352 Å². The Bertz CT molecular complexity index is 3490. The molecule has 1 aliphatic heterocycles. The van der Waals surface area contributed by atoms with Crippen molar-refractivity contribution in [2.75, 3.05) is 4.90 Å². The van der Waals surface area contributed by atoms with Crippen molar-refractivity contribution < 1.29 is 0 Å². The van der Waals surface area contributed by atoms with E-state index in [-0.39, 0.29) is 0 Å². The van der Waals surface area contributed by atoms with Crippen LogP contribution in [0.4, 0.5) is 17.1 Å². The second-order valence-electron chi connectivity index (χ2n) is 16.0. The summed E-state index contributed by atoms with van der Waals surface area (Å²) in [4.78, 5) is 5.06. The van der Waals surface area contributed by atoms with E-state index in [1.165, 1.54) is 92.2 Å². The van der Waals surface area contributed by atoms with Gasteiger partial charge in [0.15, 0.2) is 0 Å². The fraction of sp³-hybridized carbons (Fsp3) is 0.0175. The predicted molar refractivity (Wildman–Crippen MR) is 252 cm³/mol. The largest absolute Gasteiger partial charge is 0.310 e. The number of benzene rings is 10. The van der Waals surface area contributed by atoms with Crippen LogP contribution < -0.4 is 4.90 Å². The first kappa shape index (κ1) is 33.6. The Morgan fingerprint density at radius 3 is 1.80 bits per heavy atom. The van der Waals surface area contributed by atoms with Crippen LogP contribution in [-0.4, -0.2) is 4.57 Å². The lowest BCUT2D eigenvalue weighted by Gasteiger charge is -2.46. The monoisotopic (exact) mass is 780 g/mol. The molecule has 0 saturated carbocycles. The van der Waals surface area contributed by atoms with Crippen LogP contribution in [0.1, 0.15) is 22.3 Å². The molecule has 3 heteroatoms. The van der Waals surface area contributed by atoms with Gasteiger partial charge in [-0.2, -0.15) is 0 Å². The van der Waals surface area contributed by atoms with Gasteiger partial charge in [-0.25, -0.2) is 0 Å². The van der Waals surface area contributed by atoms with E-state index in [4.69, 9.17) is 0 Å². The van der Waals surface area contributed by atoms with Crippen molar-refractivity contribution in [3.63, 3.8) is 0 Å². The third-order valence-electron chi connectivity index (χ3n) is 13.0. The Balaban J connectivity index is 1.11. The minimum Gasteiger partial charge on any atom is -0.310 e. The molecule has 1 aromatic heterocycles. The molecular weight excluding hydrogens is 745 g/mol. The highest BCUT2D eigenvalue weighted by Crippen LogP contribution is 2.62. The lowest BCUT2D eigenvalue weighted by molar-refractivity contribution is 0.707. The van der Waals surface area contributed by atoms with Gasteiger partial charge in [0.05, 0.1) is 22.1 Å². The van der Waals surface area contributed by atoms with E-state index in [1.807, 2.05) is 11.8 Å². The van der Waals surface area contributed by atoms with Crippen molar-refractivity contribution in [1.29, 1.82) is 0 Å². The van der Waals surface area contributed by atoms with Crippen LogP contribution in [0.3, 0.4) is 0 Å². The fourth-order valence-electron chi connectivity index (χ4n) is 10.6. The molecular formula is C57H36N2S. The predicted octanol–water partition coefficient (Wildman–Crippen LogP) is 15.4. The highest BCUT2D eigenvalue weighted by atomic mass is 32.2. The summed E-state index contributed by atoms with van der Waals surface area (Å²) in [5, 5.41) is 7.55. The average Bonchev–Trinajstić information content (AvgIpc) is 3.64. The van der Waals surface area contributed by atoms with Gasteiger partial charge >= 0.3 is 0 Å². The summed E-state index contributed by atoms with van der Waals surface area (Å²) >= 11 is 1.89. The molecule has 13 rings (SSSR count). The van der Waals surface area contributed by atoms with E-state index >= 15 is 0 Å². The van der Waals surface area contributed by atoms with Gasteiger partial charge in [0.2, 0.25) is 0 Å². The first-order chi connectivity index (χ1) is 29.8. The van der Waals surface area contributed by atoms with E-state index in [0.717, 1.165) is 17.1 Å². The molecule has 10 aromatic carbocycles. The molecule has 0 atom stereocenters. The van der Waals surface area contributed by atoms with Crippen molar-refractivity contribution in [3.8, 4) is 16.8 Å². The van der Waals surface area contributed by atoms with E-state index in [1.54, 1.807) is 0 Å². The Kier molecular flexibility index (Phi) is 7.19. The first-order valence-electron chi connectivity index (χ1n) is 20.7. The summed E-state index contributed by atoms with van der Waals surface area (Å²) in [7, 11) is 0. The highest BCUT2D eigenvalue weighted by molar-refractivity contribution is 7.99. The molecule has 2 heterocycles. The molecule has 60 heavy (non-hydrogen) atoms. The van der Waals surface area contributed by atoms with Crippen molar-refractivity contribution in [2.45, 2.75) is 15.2 Å². The zero-order chi connectivity index (χ0) is 39.4. The number of hydrogen-bond acceptors (Lipinski definition) is 2.